The third-order valence-corrected chi connectivity index (χ3v) is 5.44. The van der Waals surface area contributed by atoms with Gasteiger partial charge in [-0.25, -0.2) is 14.4 Å². The van der Waals surface area contributed by atoms with Crippen molar-refractivity contribution >= 4 is 23.0 Å². The zero-order chi connectivity index (χ0) is 20.8. The number of halogens is 1. The Labute approximate surface area is 168 Å². The first-order valence-corrected chi connectivity index (χ1v) is 9.89. The second-order valence-corrected chi connectivity index (χ2v) is 8.30. The molecule has 2 heterocycles. The maximum Gasteiger partial charge on any atom is 0.231 e. The maximum atomic E-state index is 13.5. The summed E-state index contributed by atoms with van der Waals surface area (Å²) in [6.07, 6.45) is 3.26. The van der Waals surface area contributed by atoms with Crippen molar-refractivity contribution in [1.82, 2.24) is 14.5 Å². The average molecular weight is 396 g/mol. The van der Waals surface area contributed by atoms with E-state index >= 15 is 0 Å². The number of pyridine rings is 1. The number of aliphatic hydroxyl groups is 1. The molecule has 1 aliphatic rings. The topological polar surface area (TPSA) is 80.0 Å². The molecule has 1 amide bonds. The third-order valence-electron chi connectivity index (χ3n) is 5.44. The van der Waals surface area contributed by atoms with Crippen LogP contribution in [0.5, 0.6) is 0 Å². The zero-order valence-electron chi connectivity index (χ0n) is 16.9. The largest absolute Gasteiger partial charge is 0.384 e. The van der Waals surface area contributed by atoms with E-state index in [0.717, 1.165) is 24.8 Å². The highest BCUT2D eigenvalue weighted by Crippen LogP contribution is 2.37. The van der Waals surface area contributed by atoms with Crippen molar-refractivity contribution in [3.05, 3.63) is 53.0 Å². The van der Waals surface area contributed by atoms with Gasteiger partial charge in [0.2, 0.25) is 11.9 Å². The molecule has 0 aliphatic heterocycles. The van der Waals surface area contributed by atoms with E-state index in [1.165, 1.54) is 6.07 Å². The van der Waals surface area contributed by atoms with E-state index in [2.05, 4.69) is 15.3 Å². The summed E-state index contributed by atoms with van der Waals surface area (Å²) in [5, 5.41) is 13.2. The molecule has 3 aromatic rings. The zero-order valence-corrected chi connectivity index (χ0v) is 16.9. The first kappa shape index (κ1) is 19.5. The number of amides is 1. The molecule has 0 atom stereocenters. The van der Waals surface area contributed by atoms with Crippen molar-refractivity contribution in [3.63, 3.8) is 0 Å². The third kappa shape index (κ3) is 3.87. The van der Waals surface area contributed by atoms with Gasteiger partial charge in [0.05, 0.1) is 12.1 Å². The van der Waals surface area contributed by atoms with Gasteiger partial charge in [-0.05, 0) is 69.4 Å². The predicted molar refractivity (Wildman–Crippen MR) is 109 cm³/mol. The molecule has 0 unspecified atom stereocenters. The van der Waals surface area contributed by atoms with Crippen molar-refractivity contribution in [2.75, 3.05) is 5.32 Å². The van der Waals surface area contributed by atoms with Gasteiger partial charge in [0.25, 0.3) is 0 Å². The fourth-order valence-electron chi connectivity index (χ4n) is 3.56. The number of fused-ring (bicyclic) bond motifs is 1. The number of rotatable bonds is 5. The predicted octanol–water partition coefficient (Wildman–Crippen LogP) is 4.01. The molecule has 0 radical (unpaired) electrons. The number of nitrogens with zero attached hydrogens (tertiary/aromatic N) is 3. The van der Waals surface area contributed by atoms with Crippen molar-refractivity contribution < 1.29 is 14.3 Å². The Hall–Kier alpha value is -2.80. The number of carbonyl (C=O) groups excluding carboxylic acids is 1. The Balaban J connectivity index is 1.65. The molecule has 2 N–H and O–H groups in total. The second-order valence-electron chi connectivity index (χ2n) is 8.30. The SMILES string of the molecule is Cc1cc(CC(=O)Nc2nc3ccc(C(C)(C)O)nc3n2C2CCC2)ccc1F. The molecule has 2 aromatic heterocycles. The summed E-state index contributed by atoms with van der Waals surface area (Å²) in [6.45, 7) is 5.07. The van der Waals surface area contributed by atoms with Crippen molar-refractivity contribution in [1.29, 1.82) is 0 Å². The average Bonchev–Trinajstić information content (AvgIpc) is 2.93. The van der Waals surface area contributed by atoms with E-state index in [9.17, 15) is 14.3 Å². The van der Waals surface area contributed by atoms with E-state index in [4.69, 9.17) is 0 Å². The summed E-state index contributed by atoms with van der Waals surface area (Å²) in [6, 6.07) is 8.49. The number of nitrogens with one attached hydrogen (secondary N) is 1. The number of aromatic nitrogens is 3. The number of anilines is 1. The van der Waals surface area contributed by atoms with Crippen LogP contribution in [-0.2, 0) is 16.8 Å². The minimum Gasteiger partial charge on any atom is -0.384 e. The molecule has 1 aliphatic carbocycles. The van der Waals surface area contributed by atoms with Crippen LogP contribution in [0, 0.1) is 12.7 Å². The molecule has 29 heavy (non-hydrogen) atoms. The lowest BCUT2D eigenvalue weighted by molar-refractivity contribution is -0.115. The van der Waals surface area contributed by atoms with Crippen LogP contribution in [-0.4, -0.2) is 25.5 Å². The lowest BCUT2D eigenvalue weighted by Gasteiger charge is -2.28. The normalized spacial score (nSPS) is 14.8. The highest BCUT2D eigenvalue weighted by molar-refractivity contribution is 5.92. The molecule has 1 aromatic carbocycles. The fraction of sp³-hybridized carbons (Fsp3) is 0.409. The fourth-order valence-corrected chi connectivity index (χ4v) is 3.56. The van der Waals surface area contributed by atoms with Gasteiger partial charge in [0, 0.05) is 6.04 Å². The van der Waals surface area contributed by atoms with E-state index < -0.39 is 5.60 Å². The lowest BCUT2D eigenvalue weighted by atomic mass is 9.93. The molecule has 152 valence electrons. The van der Waals surface area contributed by atoms with Gasteiger partial charge < -0.3 is 5.11 Å². The molecule has 0 bridgehead atoms. The van der Waals surface area contributed by atoms with E-state index in [1.807, 2.05) is 10.6 Å². The molecule has 1 saturated carbocycles. The summed E-state index contributed by atoms with van der Waals surface area (Å²) < 4.78 is 15.4. The summed E-state index contributed by atoms with van der Waals surface area (Å²) in [7, 11) is 0. The monoisotopic (exact) mass is 396 g/mol. The smallest absolute Gasteiger partial charge is 0.231 e. The Kier molecular flexibility index (Phi) is 4.86. The first-order chi connectivity index (χ1) is 13.7. The molecule has 4 rings (SSSR count). The number of benzene rings is 1. The van der Waals surface area contributed by atoms with E-state index in [0.29, 0.717) is 28.4 Å². The summed E-state index contributed by atoms with van der Waals surface area (Å²) in [5.41, 5.74) is 2.10. The van der Waals surface area contributed by atoms with Crippen LogP contribution in [0.1, 0.15) is 56.0 Å². The van der Waals surface area contributed by atoms with Gasteiger partial charge in [-0.15, -0.1) is 0 Å². The summed E-state index contributed by atoms with van der Waals surface area (Å²) in [4.78, 5) is 21.9. The molecular formula is C22H25FN4O2. The van der Waals surface area contributed by atoms with Gasteiger partial charge in [-0.2, -0.15) is 0 Å². The van der Waals surface area contributed by atoms with E-state index in [1.54, 1.807) is 39.0 Å². The Bertz CT molecular complexity index is 1080. The number of hydrogen-bond acceptors (Lipinski definition) is 4. The molecule has 7 heteroatoms. The summed E-state index contributed by atoms with van der Waals surface area (Å²) in [5.74, 6) is -0.0295. The van der Waals surface area contributed by atoms with Crippen molar-refractivity contribution in [3.8, 4) is 0 Å². The quantitative estimate of drug-likeness (QED) is 0.683. The van der Waals surface area contributed by atoms with Crippen LogP contribution < -0.4 is 5.32 Å². The highest BCUT2D eigenvalue weighted by Gasteiger charge is 2.28. The van der Waals surface area contributed by atoms with Crippen molar-refractivity contribution in [2.45, 2.75) is 58.1 Å². The molecular weight excluding hydrogens is 371 g/mol. The highest BCUT2D eigenvalue weighted by atomic mass is 19.1. The molecule has 6 nitrogen and oxygen atoms in total. The van der Waals surface area contributed by atoms with Crippen LogP contribution in [0.3, 0.4) is 0 Å². The minimum absolute atomic E-state index is 0.136. The van der Waals surface area contributed by atoms with E-state index in [-0.39, 0.29) is 24.2 Å². The van der Waals surface area contributed by atoms with Gasteiger partial charge >= 0.3 is 0 Å². The molecule has 0 spiro atoms. The van der Waals surface area contributed by atoms with Gasteiger partial charge in [0.1, 0.15) is 16.9 Å². The van der Waals surface area contributed by atoms with Crippen LogP contribution in [0.2, 0.25) is 0 Å². The molecule has 1 fully saturated rings. The van der Waals surface area contributed by atoms with Gasteiger partial charge in [-0.1, -0.05) is 12.1 Å². The van der Waals surface area contributed by atoms with Crippen LogP contribution in [0.4, 0.5) is 10.3 Å². The Morgan fingerprint density at radius 1 is 1.28 bits per heavy atom. The Morgan fingerprint density at radius 2 is 2.03 bits per heavy atom. The number of hydrogen-bond donors (Lipinski definition) is 2. The maximum absolute atomic E-state index is 13.5. The minimum atomic E-state index is -1.06. The van der Waals surface area contributed by atoms with Gasteiger partial charge in [-0.3, -0.25) is 14.7 Å². The second kappa shape index (κ2) is 7.22. The van der Waals surface area contributed by atoms with Crippen molar-refractivity contribution in [2.24, 2.45) is 0 Å². The first-order valence-electron chi connectivity index (χ1n) is 9.89. The Morgan fingerprint density at radius 3 is 2.66 bits per heavy atom. The van der Waals surface area contributed by atoms with Gasteiger partial charge in [0.15, 0.2) is 5.65 Å². The van der Waals surface area contributed by atoms with Crippen LogP contribution in [0.25, 0.3) is 11.2 Å². The van der Waals surface area contributed by atoms with Crippen LogP contribution in [0.15, 0.2) is 30.3 Å². The number of imidazole rings is 1. The van der Waals surface area contributed by atoms with Crippen LogP contribution >= 0.6 is 0 Å². The standard InChI is InChI=1S/C22H25FN4O2/c1-13-11-14(7-8-16(13)23)12-19(28)26-21-24-17-9-10-18(22(2,3)29)25-20(17)27(21)15-5-4-6-15/h7-11,15,29H,4-6,12H2,1-3H3,(H,24,26,28). The number of aryl methyl sites for hydroxylation is 1. The summed E-state index contributed by atoms with van der Waals surface area (Å²) >= 11 is 0. The molecule has 0 saturated heterocycles. The number of carbonyl (C=O) groups is 1. The lowest BCUT2D eigenvalue weighted by Crippen LogP contribution is -2.24.